The first-order valence-electron chi connectivity index (χ1n) is 7.98. The van der Waals surface area contributed by atoms with Crippen molar-refractivity contribution in [2.75, 3.05) is 5.32 Å². The number of nitrogens with two attached hydrogens (primary N) is 1. The molecule has 0 aliphatic rings. The van der Waals surface area contributed by atoms with E-state index in [9.17, 15) is 4.79 Å². The van der Waals surface area contributed by atoms with Crippen LogP contribution in [-0.2, 0) is 16.6 Å². The van der Waals surface area contributed by atoms with E-state index in [2.05, 4.69) is 45.1 Å². The van der Waals surface area contributed by atoms with Gasteiger partial charge in [0.25, 0.3) is 0 Å². The number of hydrogen-bond donors (Lipinski definition) is 2. The molecule has 0 saturated heterocycles. The Kier molecular flexibility index (Phi) is 5.09. The molecule has 2 aromatic rings. The highest BCUT2D eigenvalue weighted by atomic mass is 16.1. The molecular formula is C20H26N2O. The minimum absolute atomic E-state index is 0.108. The highest BCUT2D eigenvalue weighted by Crippen LogP contribution is 2.26. The number of carbonyl (C=O) groups excluding carboxylic acids is 1. The molecular weight excluding hydrogens is 284 g/mol. The van der Waals surface area contributed by atoms with Gasteiger partial charge in [-0.05, 0) is 35.1 Å². The maximum absolute atomic E-state index is 11.8. The number of aryl methyl sites for hydroxylation is 1. The van der Waals surface area contributed by atoms with Crippen molar-refractivity contribution in [2.45, 2.75) is 45.6 Å². The van der Waals surface area contributed by atoms with Crippen LogP contribution in [0.1, 0.15) is 37.5 Å². The Morgan fingerprint density at radius 1 is 1.13 bits per heavy atom. The van der Waals surface area contributed by atoms with Crippen molar-refractivity contribution in [1.29, 1.82) is 0 Å². The van der Waals surface area contributed by atoms with Gasteiger partial charge < -0.3 is 11.1 Å². The van der Waals surface area contributed by atoms with Crippen molar-refractivity contribution in [3.8, 4) is 0 Å². The minimum atomic E-state index is -0.420. The Balaban J connectivity index is 2.19. The highest BCUT2D eigenvalue weighted by Gasteiger charge is 2.18. The molecule has 3 nitrogen and oxygen atoms in total. The quantitative estimate of drug-likeness (QED) is 0.882. The van der Waals surface area contributed by atoms with Gasteiger partial charge in [-0.15, -0.1) is 0 Å². The highest BCUT2D eigenvalue weighted by molar-refractivity contribution is 5.83. The lowest BCUT2D eigenvalue weighted by Crippen LogP contribution is -2.37. The number of carbonyl (C=O) groups is 1. The second-order valence-electron chi connectivity index (χ2n) is 7.07. The Labute approximate surface area is 138 Å². The van der Waals surface area contributed by atoms with Crippen LogP contribution in [0.4, 0.5) is 5.69 Å². The monoisotopic (exact) mass is 310 g/mol. The molecule has 3 N–H and O–H groups in total. The Bertz CT molecular complexity index is 672. The summed E-state index contributed by atoms with van der Waals surface area (Å²) in [6, 6.07) is 15.8. The first-order chi connectivity index (χ1) is 10.8. The lowest BCUT2D eigenvalue weighted by atomic mass is 9.86. The Morgan fingerprint density at radius 3 is 2.30 bits per heavy atom. The number of rotatable bonds is 5. The van der Waals surface area contributed by atoms with Crippen LogP contribution in [0.15, 0.2) is 48.5 Å². The maximum Gasteiger partial charge on any atom is 0.240 e. The number of hydrogen-bond acceptors (Lipinski definition) is 2. The summed E-state index contributed by atoms with van der Waals surface area (Å²) in [5.74, 6) is -0.340. The fraction of sp³-hybridized carbons (Fsp3) is 0.350. The molecule has 2 aromatic carbocycles. The van der Waals surface area contributed by atoms with Crippen LogP contribution in [0.5, 0.6) is 0 Å². The van der Waals surface area contributed by atoms with Crippen molar-refractivity contribution in [2.24, 2.45) is 5.73 Å². The third kappa shape index (κ3) is 4.59. The number of benzene rings is 2. The van der Waals surface area contributed by atoms with Crippen LogP contribution in [0.25, 0.3) is 0 Å². The average molecular weight is 310 g/mol. The summed E-state index contributed by atoms with van der Waals surface area (Å²) >= 11 is 0. The van der Waals surface area contributed by atoms with Crippen LogP contribution < -0.4 is 11.1 Å². The van der Waals surface area contributed by atoms with E-state index < -0.39 is 6.04 Å². The molecule has 0 heterocycles. The molecule has 3 heteroatoms. The van der Waals surface area contributed by atoms with E-state index in [1.807, 2.05) is 36.4 Å². The van der Waals surface area contributed by atoms with Crippen LogP contribution in [0.3, 0.4) is 0 Å². The second kappa shape index (κ2) is 6.86. The third-order valence-electron chi connectivity index (χ3n) is 4.05. The first-order valence-corrected chi connectivity index (χ1v) is 7.98. The predicted octanol–water partition coefficient (Wildman–Crippen LogP) is 3.80. The molecule has 0 bridgehead atoms. The van der Waals surface area contributed by atoms with E-state index in [0.29, 0.717) is 6.42 Å². The normalized spacial score (nSPS) is 12.7. The van der Waals surface area contributed by atoms with E-state index in [4.69, 9.17) is 5.73 Å². The van der Waals surface area contributed by atoms with Gasteiger partial charge >= 0.3 is 0 Å². The fourth-order valence-corrected chi connectivity index (χ4v) is 2.55. The topological polar surface area (TPSA) is 55.1 Å². The van der Waals surface area contributed by atoms with E-state index in [-0.39, 0.29) is 11.3 Å². The van der Waals surface area contributed by atoms with E-state index in [0.717, 1.165) is 16.8 Å². The molecule has 0 aliphatic heterocycles. The van der Waals surface area contributed by atoms with Gasteiger partial charge in [0.1, 0.15) is 6.04 Å². The number of nitrogens with one attached hydrogen (secondary N) is 1. The van der Waals surface area contributed by atoms with Gasteiger partial charge in [0.05, 0.1) is 0 Å². The molecule has 0 aliphatic carbocycles. The summed E-state index contributed by atoms with van der Waals surface area (Å²) in [6.45, 7) is 8.63. The van der Waals surface area contributed by atoms with Gasteiger partial charge in [0.15, 0.2) is 0 Å². The molecule has 0 radical (unpaired) electrons. The smallest absolute Gasteiger partial charge is 0.240 e. The van der Waals surface area contributed by atoms with Crippen molar-refractivity contribution in [1.82, 2.24) is 0 Å². The van der Waals surface area contributed by atoms with Gasteiger partial charge in [-0.25, -0.2) is 0 Å². The third-order valence-corrected chi connectivity index (χ3v) is 4.05. The largest absolute Gasteiger partial charge is 0.373 e. The molecule has 1 atom stereocenters. The van der Waals surface area contributed by atoms with E-state index in [1.165, 1.54) is 5.56 Å². The molecule has 2 rings (SSSR count). The van der Waals surface area contributed by atoms with E-state index in [1.54, 1.807) is 0 Å². The standard InChI is InChI=1S/C20H26N2O/c1-14-12-16(20(2,3)4)10-11-17(14)22-18(19(21)23)13-15-8-6-5-7-9-15/h5-12,18,22H,13H2,1-4H3,(H2,21,23). The minimum Gasteiger partial charge on any atom is -0.373 e. The molecule has 23 heavy (non-hydrogen) atoms. The summed E-state index contributed by atoms with van der Waals surface area (Å²) in [6.07, 6.45) is 0.580. The Hall–Kier alpha value is -2.29. The van der Waals surface area contributed by atoms with E-state index >= 15 is 0 Å². The zero-order chi connectivity index (χ0) is 17.0. The lowest BCUT2D eigenvalue weighted by Gasteiger charge is -2.23. The van der Waals surface area contributed by atoms with Crippen LogP contribution in [-0.4, -0.2) is 11.9 Å². The summed E-state index contributed by atoms with van der Waals surface area (Å²) < 4.78 is 0. The van der Waals surface area contributed by atoms with Crippen LogP contribution in [0, 0.1) is 6.92 Å². The Morgan fingerprint density at radius 2 is 1.78 bits per heavy atom. The SMILES string of the molecule is Cc1cc(C(C)(C)C)ccc1NC(Cc1ccccc1)C(N)=O. The lowest BCUT2D eigenvalue weighted by molar-refractivity contribution is -0.118. The average Bonchev–Trinajstić information content (AvgIpc) is 2.48. The fourth-order valence-electron chi connectivity index (χ4n) is 2.55. The number of anilines is 1. The maximum atomic E-state index is 11.8. The molecule has 1 amide bonds. The van der Waals surface area contributed by atoms with Crippen molar-refractivity contribution in [3.63, 3.8) is 0 Å². The summed E-state index contributed by atoms with van der Waals surface area (Å²) in [4.78, 5) is 11.8. The first kappa shape index (κ1) is 17.1. The zero-order valence-corrected chi connectivity index (χ0v) is 14.4. The molecule has 122 valence electrons. The molecule has 0 aromatic heterocycles. The van der Waals surface area contributed by atoms with Crippen molar-refractivity contribution in [3.05, 3.63) is 65.2 Å². The predicted molar refractivity (Wildman–Crippen MR) is 96.6 cm³/mol. The summed E-state index contributed by atoms with van der Waals surface area (Å²) in [5.41, 5.74) is 10.1. The zero-order valence-electron chi connectivity index (χ0n) is 14.4. The van der Waals surface area contributed by atoms with Gasteiger partial charge in [0.2, 0.25) is 5.91 Å². The van der Waals surface area contributed by atoms with Crippen LogP contribution >= 0.6 is 0 Å². The van der Waals surface area contributed by atoms with Crippen LogP contribution in [0.2, 0.25) is 0 Å². The molecule has 0 spiro atoms. The molecule has 0 fully saturated rings. The molecule has 1 unspecified atom stereocenters. The van der Waals surface area contributed by atoms with Gasteiger partial charge in [-0.1, -0.05) is 63.2 Å². The van der Waals surface area contributed by atoms with Gasteiger partial charge in [0, 0.05) is 12.1 Å². The van der Waals surface area contributed by atoms with Gasteiger partial charge in [-0.3, -0.25) is 4.79 Å². The van der Waals surface area contributed by atoms with Gasteiger partial charge in [-0.2, -0.15) is 0 Å². The number of primary amides is 1. The molecule has 0 saturated carbocycles. The van der Waals surface area contributed by atoms with Crippen molar-refractivity contribution >= 4 is 11.6 Å². The second-order valence-corrected chi connectivity index (χ2v) is 7.07. The summed E-state index contributed by atoms with van der Waals surface area (Å²) in [7, 11) is 0. The summed E-state index contributed by atoms with van der Waals surface area (Å²) in [5, 5.41) is 3.30. The van der Waals surface area contributed by atoms with Crippen molar-refractivity contribution < 1.29 is 4.79 Å². The number of amides is 1.